The number of carbonyl (C=O) groups is 4. The van der Waals surface area contributed by atoms with Crippen molar-refractivity contribution in [1.82, 2.24) is 31.2 Å². The Balaban J connectivity index is 1.73. The third-order valence-corrected chi connectivity index (χ3v) is 6.68. The Hall–Kier alpha value is -3.73. The van der Waals surface area contributed by atoms with Crippen LogP contribution < -0.4 is 21.3 Å². The van der Waals surface area contributed by atoms with Crippen LogP contribution in [-0.2, 0) is 32.0 Å². The van der Waals surface area contributed by atoms with E-state index in [2.05, 4.69) is 31.2 Å². The topological polar surface area (TPSA) is 165 Å². The van der Waals surface area contributed by atoms with E-state index in [0.29, 0.717) is 18.5 Å². The highest BCUT2D eigenvalue weighted by Crippen LogP contribution is 2.12. The minimum Gasteiger partial charge on any atom is -0.480 e. The number of carbonyl (C=O) groups excluding carboxylic acids is 3. The summed E-state index contributed by atoms with van der Waals surface area (Å²) < 4.78 is 0. The van der Waals surface area contributed by atoms with Crippen molar-refractivity contribution in [2.45, 2.75) is 70.1 Å². The highest BCUT2D eigenvalue weighted by atomic mass is 16.4. The molecule has 1 aromatic heterocycles. The number of aromatic nitrogens is 2. The summed E-state index contributed by atoms with van der Waals surface area (Å²) >= 11 is 0. The molecule has 3 rings (SSSR count). The molecule has 1 fully saturated rings. The number of imidazole rings is 1. The van der Waals surface area contributed by atoms with Gasteiger partial charge in [-0.05, 0) is 30.9 Å². The predicted molar refractivity (Wildman–Crippen MR) is 136 cm³/mol. The smallest absolute Gasteiger partial charge is 0.326 e. The summed E-state index contributed by atoms with van der Waals surface area (Å²) in [4.78, 5) is 58.2. The van der Waals surface area contributed by atoms with Gasteiger partial charge in [-0.1, -0.05) is 50.6 Å². The van der Waals surface area contributed by atoms with Crippen LogP contribution in [-0.4, -0.2) is 69.5 Å². The maximum atomic E-state index is 13.4. The molecule has 0 aliphatic carbocycles. The van der Waals surface area contributed by atoms with Crippen molar-refractivity contribution < 1.29 is 24.3 Å². The first kappa shape index (κ1) is 27.9. The maximum Gasteiger partial charge on any atom is 0.326 e. The molecule has 1 aliphatic heterocycles. The number of carboxylic acid groups (broad SMARTS) is 1. The zero-order valence-electron chi connectivity index (χ0n) is 21.2. The number of H-pyrrole nitrogens is 1. The quantitative estimate of drug-likeness (QED) is 0.228. The second-order valence-electron chi connectivity index (χ2n) is 9.45. The average molecular weight is 513 g/mol. The molecule has 5 atom stereocenters. The van der Waals surface area contributed by atoms with E-state index in [1.165, 1.54) is 6.33 Å². The Bertz CT molecular complexity index is 1040. The van der Waals surface area contributed by atoms with Crippen LogP contribution in [0.4, 0.5) is 0 Å². The number of hydrogen-bond donors (Lipinski definition) is 6. The van der Waals surface area contributed by atoms with Crippen LogP contribution in [0.15, 0.2) is 42.9 Å². The lowest BCUT2D eigenvalue weighted by molar-refractivity contribution is -0.142. The molecule has 1 aliphatic rings. The summed E-state index contributed by atoms with van der Waals surface area (Å²) in [6, 6.07) is 5.53. The number of amides is 3. The van der Waals surface area contributed by atoms with Gasteiger partial charge in [0.1, 0.15) is 18.1 Å². The van der Waals surface area contributed by atoms with Gasteiger partial charge in [-0.15, -0.1) is 0 Å². The first-order valence-corrected chi connectivity index (χ1v) is 12.7. The third-order valence-electron chi connectivity index (χ3n) is 6.68. The van der Waals surface area contributed by atoms with Gasteiger partial charge in [0.05, 0.1) is 12.4 Å². The Morgan fingerprint density at radius 1 is 1.05 bits per heavy atom. The number of aromatic amines is 1. The van der Waals surface area contributed by atoms with Crippen molar-refractivity contribution >= 4 is 23.7 Å². The second kappa shape index (κ2) is 13.5. The summed E-state index contributed by atoms with van der Waals surface area (Å²) in [5.74, 6) is -2.85. The van der Waals surface area contributed by atoms with E-state index in [1.54, 1.807) is 30.5 Å². The Morgan fingerprint density at radius 3 is 2.41 bits per heavy atom. The van der Waals surface area contributed by atoms with Crippen LogP contribution in [0.1, 0.15) is 44.4 Å². The molecular weight excluding hydrogens is 476 g/mol. The average Bonchev–Trinajstić information content (AvgIpc) is 3.61. The van der Waals surface area contributed by atoms with Crippen LogP contribution in [0.2, 0.25) is 0 Å². The summed E-state index contributed by atoms with van der Waals surface area (Å²) in [5.41, 5.74) is 1.42. The molecule has 11 nitrogen and oxygen atoms in total. The van der Waals surface area contributed by atoms with Crippen LogP contribution >= 0.6 is 0 Å². The largest absolute Gasteiger partial charge is 0.480 e. The van der Waals surface area contributed by atoms with Crippen molar-refractivity contribution in [3.8, 4) is 0 Å². The van der Waals surface area contributed by atoms with E-state index in [-0.39, 0.29) is 30.7 Å². The Morgan fingerprint density at radius 2 is 1.81 bits per heavy atom. The summed E-state index contributed by atoms with van der Waals surface area (Å²) in [6.45, 7) is 4.42. The lowest BCUT2D eigenvalue weighted by atomic mass is 9.96. The number of benzene rings is 1. The van der Waals surface area contributed by atoms with Gasteiger partial charge < -0.3 is 31.4 Å². The Kier molecular flexibility index (Phi) is 10.2. The minimum atomic E-state index is -1.17. The Labute approximate surface area is 216 Å². The zero-order valence-corrected chi connectivity index (χ0v) is 21.2. The first-order valence-electron chi connectivity index (χ1n) is 12.7. The summed E-state index contributed by atoms with van der Waals surface area (Å²) in [7, 11) is 0. The van der Waals surface area contributed by atoms with Gasteiger partial charge in [0.2, 0.25) is 17.7 Å². The lowest BCUT2D eigenvalue weighted by Crippen LogP contribution is -2.59. The van der Waals surface area contributed by atoms with Gasteiger partial charge in [0.15, 0.2) is 0 Å². The molecule has 0 bridgehead atoms. The first-order chi connectivity index (χ1) is 17.8. The zero-order chi connectivity index (χ0) is 26.8. The van der Waals surface area contributed by atoms with E-state index in [1.807, 2.05) is 19.9 Å². The monoisotopic (exact) mass is 512 g/mol. The number of aliphatic carboxylic acids is 1. The summed E-state index contributed by atoms with van der Waals surface area (Å²) in [5, 5.41) is 21.0. The molecule has 11 heteroatoms. The number of carboxylic acids is 1. The second-order valence-corrected chi connectivity index (χ2v) is 9.45. The lowest BCUT2D eigenvalue weighted by Gasteiger charge is -2.28. The van der Waals surface area contributed by atoms with Crippen molar-refractivity contribution in [2.75, 3.05) is 6.54 Å². The van der Waals surface area contributed by atoms with Gasteiger partial charge in [-0.3, -0.25) is 14.4 Å². The molecule has 0 radical (unpaired) electrons. The number of hydrogen-bond acceptors (Lipinski definition) is 6. The minimum absolute atomic E-state index is 0.107. The highest BCUT2D eigenvalue weighted by Gasteiger charge is 2.33. The van der Waals surface area contributed by atoms with Gasteiger partial charge in [0, 0.05) is 24.7 Å². The third kappa shape index (κ3) is 8.14. The summed E-state index contributed by atoms with van der Waals surface area (Å²) in [6.07, 6.45) is 5.44. The van der Waals surface area contributed by atoms with E-state index >= 15 is 0 Å². The molecule has 1 aromatic carbocycles. The molecule has 2 heterocycles. The number of rotatable bonds is 13. The van der Waals surface area contributed by atoms with Crippen LogP contribution in [0.25, 0.3) is 0 Å². The standard InChI is InChI=1S/C26H36N6O5/c1-3-16(2)22(25(35)31-21(26(36)37)12-17-8-5-4-6-9-17)32-24(34)20(13-18-14-27-15-29-18)30-23(33)19-10-7-11-28-19/h4-6,8-9,14-16,19-22,28H,3,7,10-13H2,1-2H3,(H,27,29)(H,30,33)(H,31,35)(H,32,34)(H,36,37). The molecule has 5 unspecified atom stereocenters. The molecular formula is C26H36N6O5. The van der Waals surface area contributed by atoms with Crippen LogP contribution in [0.5, 0.6) is 0 Å². The SMILES string of the molecule is CCC(C)C(NC(=O)C(Cc1cnc[nH]1)NC(=O)C1CCCN1)C(=O)NC(Cc1ccccc1)C(=O)O. The predicted octanol–water partition coefficient (Wildman–Crippen LogP) is 0.532. The van der Waals surface area contributed by atoms with Crippen molar-refractivity contribution in [1.29, 1.82) is 0 Å². The molecule has 3 amide bonds. The van der Waals surface area contributed by atoms with E-state index < -0.39 is 35.9 Å². The molecule has 1 saturated heterocycles. The fourth-order valence-electron chi connectivity index (χ4n) is 4.27. The maximum absolute atomic E-state index is 13.4. The van der Waals surface area contributed by atoms with E-state index in [0.717, 1.165) is 18.5 Å². The number of nitrogens with one attached hydrogen (secondary N) is 5. The van der Waals surface area contributed by atoms with Gasteiger partial charge in [0.25, 0.3) is 0 Å². The molecule has 0 saturated carbocycles. The fraction of sp³-hybridized carbons (Fsp3) is 0.500. The normalized spacial score (nSPS) is 18.3. The molecule has 0 spiro atoms. The highest BCUT2D eigenvalue weighted by molar-refractivity contribution is 5.94. The molecule has 2 aromatic rings. The van der Waals surface area contributed by atoms with Crippen molar-refractivity contribution in [2.24, 2.45) is 5.92 Å². The molecule has 6 N–H and O–H groups in total. The van der Waals surface area contributed by atoms with Crippen LogP contribution in [0, 0.1) is 5.92 Å². The molecule has 200 valence electrons. The van der Waals surface area contributed by atoms with Crippen molar-refractivity contribution in [3.05, 3.63) is 54.1 Å². The van der Waals surface area contributed by atoms with Crippen LogP contribution in [0.3, 0.4) is 0 Å². The van der Waals surface area contributed by atoms with Gasteiger partial charge in [-0.25, -0.2) is 9.78 Å². The number of nitrogens with zero attached hydrogens (tertiary/aromatic N) is 1. The van der Waals surface area contributed by atoms with Gasteiger partial charge in [-0.2, -0.15) is 0 Å². The van der Waals surface area contributed by atoms with E-state index in [9.17, 15) is 24.3 Å². The van der Waals surface area contributed by atoms with Gasteiger partial charge >= 0.3 is 5.97 Å². The fourth-order valence-corrected chi connectivity index (χ4v) is 4.27. The van der Waals surface area contributed by atoms with E-state index in [4.69, 9.17) is 0 Å². The van der Waals surface area contributed by atoms with Crippen molar-refractivity contribution in [3.63, 3.8) is 0 Å². The molecule has 37 heavy (non-hydrogen) atoms.